The highest BCUT2D eigenvalue weighted by Gasteiger charge is 2.44. The molecule has 0 spiro atoms. The summed E-state index contributed by atoms with van der Waals surface area (Å²) >= 11 is 0. The van der Waals surface area contributed by atoms with Crippen LogP contribution in [-0.2, 0) is 14.3 Å². The van der Waals surface area contributed by atoms with E-state index in [1.165, 1.54) is 51.4 Å². The second kappa shape index (κ2) is 38.6. The molecular weight excluding hydrogens is 731 g/mol. The fourth-order valence-corrected chi connectivity index (χ4v) is 6.57. The third-order valence-electron chi connectivity index (χ3n) is 10.2. The Morgan fingerprint density at radius 3 is 1.59 bits per heavy atom. The average molecular weight is 814 g/mol. The average Bonchev–Trinajstić information content (AvgIpc) is 3.22. The molecule has 0 saturated carbocycles. The lowest BCUT2D eigenvalue weighted by Crippen LogP contribution is -2.60. The number of allylic oxidation sites excluding steroid dienone is 13. The molecule has 1 aliphatic heterocycles. The van der Waals surface area contributed by atoms with Crippen molar-refractivity contribution in [2.75, 3.05) is 13.2 Å². The number of carbonyl (C=O) groups is 1. The van der Waals surface area contributed by atoms with E-state index in [0.717, 1.165) is 89.9 Å². The van der Waals surface area contributed by atoms with Gasteiger partial charge in [-0.3, -0.25) is 4.79 Å². The van der Waals surface area contributed by atoms with Gasteiger partial charge in [-0.05, 0) is 70.6 Å². The number of amides is 1. The van der Waals surface area contributed by atoms with Gasteiger partial charge in [-0.1, -0.05) is 170 Å². The summed E-state index contributed by atoms with van der Waals surface area (Å²) in [5, 5.41) is 53.9. The summed E-state index contributed by atoms with van der Waals surface area (Å²) in [7, 11) is 0. The maximum absolute atomic E-state index is 12.9. The molecule has 1 aliphatic rings. The van der Waals surface area contributed by atoms with Crippen molar-refractivity contribution in [2.45, 2.75) is 204 Å². The number of nitrogens with one attached hydrogen (secondary N) is 1. The quantitative estimate of drug-likeness (QED) is 0.0271. The third-order valence-corrected chi connectivity index (χ3v) is 10.2. The molecule has 1 heterocycles. The minimum atomic E-state index is -1.57. The monoisotopic (exact) mass is 814 g/mol. The summed E-state index contributed by atoms with van der Waals surface area (Å²) in [4.78, 5) is 12.9. The predicted octanol–water partition coefficient (Wildman–Crippen LogP) is 9.55. The van der Waals surface area contributed by atoms with E-state index in [2.05, 4.69) is 92.1 Å². The van der Waals surface area contributed by atoms with E-state index in [-0.39, 0.29) is 12.5 Å². The van der Waals surface area contributed by atoms with Crippen molar-refractivity contribution < 1.29 is 39.8 Å². The van der Waals surface area contributed by atoms with Crippen molar-refractivity contribution in [2.24, 2.45) is 0 Å². The Hall–Kier alpha value is -2.63. The number of carbonyl (C=O) groups excluding carboxylic acids is 1. The number of aliphatic hydroxyl groups is 5. The first-order valence-corrected chi connectivity index (χ1v) is 22.8. The molecule has 0 bridgehead atoms. The van der Waals surface area contributed by atoms with Crippen LogP contribution >= 0.6 is 0 Å². The van der Waals surface area contributed by atoms with Crippen LogP contribution < -0.4 is 5.32 Å². The fourth-order valence-electron chi connectivity index (χ4n) is 6.57. The molecule has 9 nitrogen and oxygen atoms in total. The Balaban J connectivity index is 2.24. The molecule has 1 fully saturated rings. The number of rotatable bonds is 36. The normalized spacial score (nSPS) is 21.7. The first kappa shape index (κ1) is 53.4. The second-order valence-corrected chi connectivity index (χ2v) is 15.5. The Morgan fingerprint density at radius 2 is 1.07 bits per heavy atom. The minimum absolute atomic E-state index is 0.194. The Morgan fingerprint density at radius 1 is 0.603 bits per heavy atom. The van der Waals surface area contributed by atoms with Crippen molar-refractivity contribution >= 4 is 5.91 Å². The summed E-state index contributed by atoms with van der Waals surface area (Å²) < 4.78 is 11.2. The van der Waals surface area contributed by atoms with Crippen molar-refractivity contribution in [3.05, 3.63) is 85.1 Å². The highest BCUT2D eigenvalue weighted by atomic mass is 16.7. The van der Waals surface area contributed by atoms with Gasteiger partial charge in [0.05, 0.1) is 25.4 Å². The van der Waals surface area contributed by atoms with E-state index in [9.17, 15) is 30.3 Å². The maximum atomic E-state index is 12.9. The zero-order chi connectivity index (χ0) is 42.3. The summed E-state index contributed by atoms with van der Waals surface area (Å²) in [6, 6.07) is -0.811. The zero-order valence-electron chi connectivity index (χ0n) is 36.3. The molecule has 7 atom stereocenters. The summed E-state index contributed by atoms with van der Waals surface area (Å²) in [6.45, 7) is 3.58. The largest absolute Gasteiger partial charge is 0.394 e. The standard InChI is InChI=1S/C49H83NO8/c1-3-5-7-9-11-13-14-15-16-17-18-19-20-21-22-23-24-25-26-27-28-29-30-31-33-35-37-39-45(53)50-42(43(52)38-36-34-32-12-10-8-6-4-2)41-57-49-48(56)47(55)46(54)44(40-51)58-49/h5,7,11,13,15-16,18-19,21-22,24-25,36,38,42-44,46-49,51-52,54-56H,3-4,6,8-10,12,14,17,20,23,26-35,37,39-41H2,1-2H3,(H,50,53)/b7-5-,13-11-,16-15-,19-18-,22-21-,25-24-,38-36+. The summed E-state index contributed by atoms with van der Waals surface area (Å²) in [5.41, 5.74) is 0. The summed E-state index contributed by atoms with van der Waals surface area (Å²) in [5.74, 6) is -0.194. The van der Waals surface area contributed by atoms with E-state index in [0.29, 0.717) is 6.42 Å². The minimum Gasteiger partial charge on any atom is -0.394 e. The highest BCUT2D eigenvalue weighted by Crippen LogP contribution is 2.22. The van der Waals surface area contributed by atoms with Gasteiger partial charge in [0.1, 0.15) is 24.4 Å². The van der Waals surface area contributed by atoms with Crippen LogP contribution in [0.5, 0.6) is 0 Å². The van der Waals surface area contributed by atoms with Crippen LogP contribution in [0, 0.1) is 0 Å². The lowest BCUT2D eigenvalue weighted by Gasteiger charge is -2.40. The van der Waals surface area contributed by atoms with Crippen LogP contribution in [0.15, 0.2) is 85.1 Å². The molecule has 7 unspecified atom stereocenters. The number of ether oxygens (including phenoxy) is 2. The van der Waals surface area contributed by atoms with Gasteiger partial charge >= 0.3 is 0 Å². The lowest BCUT2D eigenvalue weighted by atomic mass is 9.99. The van der Waals surface area contributed by atoms with Crippen LogP contribution in [0.2, 0.25) is 0 Å². The fraction of sp³-hybridized carbons (Fsp3) is 0.694. The van der Waals surface area contributed by atoms with Gasteiger partial charge in [0.2, 0.25) is 5.91 Å². The molecule has 58 heavy (non-hydrogen) atoms. The molecule has 0 radical (unpaired) electrons. The van der Waals surface area contributed by atoms with Crippen LogP contribution in [-0.4, -0.2) is 87.5 Å². The topological polar surface area (TPSA) is 149 Å². The number of aliphatic hydroxyl groups excluding tert-OH is 5. The van der Waals surface area contributed by atoms with E-state index in [1.807, 2.05) is 6.08 Å². The predicted molar refractivity (Wildman–Crippen MR) is 239 cm³/mol. The second-order valence-electron chi connectivity index (χ2n) is 15.5. The Bertz CT molecular complexity index is 1180. The van der Waals surface area contributed by atoms with Crippen molar-refractivity contribution in [3.8, 4) is 0 Å². The molecule has 6 N–H and O–H groups in total. The van der Waals surface area contributed by atoms with E-state index >= 15 is 0 Å². The Labute approximate surface area is 352 Å². The molecule has 1 amide bonds. The van der Waals surface area contributed by atoms with Gasteiger partial charge in [0, 0.05) is 6.42 Å². The third kappa shape index (κ3) is 28.7. The smallest absolute Gasteiger partial charge is 0.220 e. The molecule has 1 saturated heterocycles. The van der Waals surface area contributed by atoms with Gasteiger partial charge in [-0.15, -0.1) is 0 Å². The van der Waals surface area contributed by atoms with E-state index in [4.69, 9.17) is 9.47 Å². The van der Waals surface area contributed by atoms with Crippen LogP contribution in [0.25, 0.3) is 0 Å². The molecular formula is C49H83NO8. The van der Waals surface area contributed by atoms with Crippen LogP contribution in [0.1, 0.15) is 162 Å². The number of hydrogen-bond acceptors (Lipinski definition) is 8. The highest BCUT2D eigenvalue weighted by molar-refractivity contribution is 5.76. The van der Waals surface area contributed by atoms with Gasteiger partial charge in [-0.2, -0.15) is 0 Å². The van der Waals surface area contributed by atoms with Crippen molar-refractivity contribution in [1.29, 1.82) is 0 Å². The number of hydrogen-bond donors (Lipinski definition) is 6. The molecule has 0 aromatic carbocycles. The van der Waals surface area contributed by atoms with Crippen LogP contribution in [0.3, 0.4) is 0 Å². The van der Waals surface area contributed by atoms with Crippen LogP contribution in [0.4, 0.5) is 0 Å². The van der Waals surface area contributed by atoms with Crippen molar-refractivity contribution in [1.82, 2.24) is 5.32 Å². The first-order chi connectivity index (χ1) is 28.3. The molecule has 332 valence electrons. The van der Waals surface area contributed by atoms with E-state index in [1.54, 1.807) is 6.08 Å². The van der Waals surface area contributed by atoms with Gasteiger partial charge < -0.3 is 40.3 Å². The van der Waals surface area contributed by atoms with Gasteiger partial charge in [0.25, 0.3) is 0 Å². The van der Waals surface area contributed by atoms with E-state index < -0.39 is 49.5 Å². The number of unbranched alkanes of at least 4 members (excludes halogenated alkanes) is 14. The van der Waals surface area contributed by atoms with Gasteiger partial charge in [0.15, 0.2) is 6.29 Å². The summed E-state index contributed by atoms with van der Waals surface area (Å²) in [6.07, 6.45) is 46.4. The lowest BCUT2D eigenvalue weighted by molar-refractivity contribution is -0.302. The Kier molecular flexibility index (Phi) is 35.5. The molecule has 1 rings (SSSR count). The molecule has 0 aromatic rings. The van der Waals surface area contributed by atoms with Gasteiger partial charge in [-0.25, -0.2) is 0 Å². The first-order valence-electron chi connectivity index (χ1n) is 22.8. The SMILES string of the molecule is CC/C=C\C/C=C\C/C=C\C/C=C\C/C=C\C/C=C\CCCCCCCCCCC(=O)NC(COC1OC(CO)C(O)C(O)C1O)C(O)/C=C/CCCCCCCC. The van der Waals surface area contributed by atoms with Crippen molar-refractivity contribution in [3.63, 3.8) is 0 Å². The molecule has 0 aromatic heterocycles. The zero-order valence-corrected chi connectivity index (χ0v) is 36.3. The maximum Gasteiger partial charge on any atom is 0.220 e. The molecule has 0 aliphatic carbocycles. The molecule has 9 heteroatoms.